The SMILES string of the molecule is CCN(CC)S(=O)(=O)c1ccc(Cl)c(C(=O)NCCOc2ccccc2)c1. The van der Waals surface area contributed by atoms with Crippen LogP contribution in [-0.2, 0) is 10.0 Å². The maximum atomic E-state index is 12.6. The van der Waals surface area contributed by atoms with Crippen LogP contribution in [0.2, 0.25) is 5.02 Å². The van der Waals surface area contributed by atoms with Crippen molar-refractivity contribution in [3.05, 3.63) is 59.1 Å². The quantitative estimate of drug-likeness (QED) is 0.644. The van der Waals surface area contributed by atoms with E-state index in [4.69, 9.17) is 16.3 Å². The number of sulfonamides is 1. The van der Waals surface area contributed by atoms with Crippen molar-refractivity contribution in [1.29, 1.82) is 0 Å². The lowest BCUT2D eigenvalue weighted by Crippen LogP contribution is -2.31. The predicted molar refractivity (Wildman–Crippen MR) is 106 cm³/mol. The molecular weight excluding hydrogens is 388 g/mol. The normalized spacial score (nSPS) is 11.4. The first kappa shape index (κ1) is 21.2. The van der Waals surface area contributed by atoms with Gasteiger partial charge < -0.3 is 10.1 Å². The minimum Gasteiger partial charge on any atom is -0.492 e. The number of amides is 1. The molecular formula is C19H23ClN2O4S. The molecule has 6 nitrogen and oxygen atoms in total. The van der Waals surface area contributed by atoms with E-state index in [0.29, 0.717) is 18.8 Å². The van der Waals surface area contributed by atoms with Crippen LogP contribution in [0.1, 0.15) is 24.2 Å². The lowest BCUT2D eigenvalue weighted by atomic mass is 10.2. The van der Waals surface area contributed by atoms with Gasteiger partial charge in [-0.05, 0) is 30.3 Å². The average molecular weight is 411 g/mol. The second-order valence-corrected chi connectivity index (χ2v) is 7.99. The van der Waals surface area contributed by atoms with Crippen LogP contribution in [0, 0.1) is 0 Å². The van der Waals surface area contributed by atoms with Crippen LogP contribution >= 0.6 is 11.6 Å². The van der Waals surface area contributed by atoms with Crippen LogP contribution in [0.4, 0.5) is 0 Å². The minimum atomic E-state index is -3.67. The summed E-state index contributed by atoms with van der Waals surface area (Å²) in [5.74, 6) is 0.255. The third-order valence-corrected chi connectivity index (χ3v) is 6.30. The third-order valence-electron chi connectivity index (χ3n) is 3.93. The zero-order chi connectivity index (χ0) is 19.9. The van der Waals surface area contributed by atoms with Crippen LogP contribution in [0.15, 0.2) is 53.4 Å². The molecule has 0 aliphatic rings. The van der Waals surface area contributed by atoms with Crippen LogP contribution < -0.4 is 10.1 Å². The second kappa shape index (κ2) is 9.73. The van der Waals surface area contributed by atoms with Crippen molar-refractivity contribution in [2.24, 2.45) is 0 Å². The Hall–Kier alpha value is -2.09. The minimum absolute atomic E-state index is 0.0429. The first-order chi connectivity index (χ1) is 12.9. The molecule has 0 atom stereocenters. The number of hydrogen-bond donors (Lipinski definition) is 1. The topological polar surface area (TPSA) is 75.7 Å². The van der Waals surface area contributed by atoms with E-state index in [0.717, 1.165) is 0 Å². The first-order valence-corrected chi connectivity index (χ1v) is 10.5. The van der Waals surface area contributed by atoms with Gasteiger partial charge in [-0.25, -0.2) is 8.42 Å². The maximum absolute atomic E-state index is 12.6. The molecule has 0 aliphatic carbocycles. The number of ether oxygens (including phenoxy) is 1. The Morgan fingerprint density at radius 3 is 2.41 bits per heavy atom. The van der Waals surface area contributed by atoms with E-state index in [1.807, 2.05) is 30.3 Å². The number of halogens is 1. The Labute approximate surface area is 165 Å². The molecule has 8 heteroatoms. The standard InChI is InChI=1S/C19H23ClN2O4S/c1-3-22(4-2)27(24,25)16-10-11-18(20)17(14-16)19(23)21-12-13-26-15-8-6-5-7-9-15/h5-11,14H,3-4,12-13H2,1-2H3,(H,21,23). The summed E-state index contributed by atoms with van der Waals surface area (Å²) in [6, 6.07) is 13.4. The highest BCUT2D eigenvalue weighted by molar-refractivity contribution is 7.89. The lowest BCUT2D eigenvalue weighted by Gasteiger charge is -2.19. The highest BCUT2D eigenvalue weighted by atomic mass is 35.5. The van der Waals surface area contributed by atoms with Gasteiger partial charge in [0.25, 0.3) is 5.91 Å². The van der Waals surface area contributed by atoms with Crippen LogP contribution in [0.3, 0.4) is 0 Å². The summed E-state index contributed by atoms with van der Waals surface area (Å²) in [6.45, 7) is 4.76. The molecule has 146 valence electrons. The van der Waals surface area contributed by atoms with Crippen molar-refractivity contribution < 1.29 is 17.9 Å². The van der Waals surface area contributed by atoms with E-state index in [1.54, 1.807) is 13.8 Å². The highest BCUT2D eigenvalue weighted by Crippen LogP contribution is 2.23. The van der Waals surface area contributed by atoms with Crippen molar-refractivity contribution >= 4 is 27.5 Å². The Morgan fingerprint density at radius 2 is 1.78 bits per heavy atom. The Bertz CT molecular complexity index is 869. The number of para-hydroxylation sites is 1. The molecule has 0 spiro atoms. The summed E-state index contributed by atoms with van der Waals surface area (Å²) in [7, 11) is -3.67. The molecule has 0 unspecified atom stereocenters. The molecule has 1 N–H and O–H groups in total. The van der Waals surface area contributed by atoms with Crippen molar-refractivity contribution in [2.45, 2.75) is 18.7 Å². The van der Waals surface area contributed by atoms with E-state index in [2.05, 4.69) is 5.32 Å². The van der Waals surface area contributed by atoms with Gasteiger partial charge in [0, 0.05) is 13.1 Å². The lowest BCUT2D eigenvalue weighted by molar-refractivity contribution is 0.0947. The van der Waals surface area contributed by atoms with Crippen LogP contribution in [0.25, 0.3) is 0 Å². The number of rotatable bonds is 9. The highest BCUT2D eigenvalue weighted by Gasteiger charge is 2.23. The van der Waals surface area contributed by atoms with Crippen molar-refractivity contribution in [1.82, 2.24) is 9.62 Å². The number of carbonyl (C=O) groups is 1. The van der Waals surface area contributed by atoms with Crippen molar-refractivity contribution in [2.75, 3.05) is 26.2 Å². The number of nitrogens with one attached hydrogen (secondary N) is 1. The molecule has 27 heavy (non-hydrogen) atoms. The molecule has 0 bridgehead atoms. The molecule has 0 aromatic heterocycles. The zero-order valence-electron chi connectivity index (χ0n) is 15.3. The average Bonchev–Trinajstić information content (AvgIpc) is 2.67. The summed E-state index contributed by atoms with van der Waals surface area (Å²) in [5, 5.41) is 2.88. The number of carbonyl (C=O) groups excluding carboxylic acids is 1. The summed E-state index contributed by atoms with van der Waals surface area (Å²) in [4.78, 5) is 12.4. The van der Waals surface area contributed by atoms with E-state index in [1.165, 1.54) is 22.5 Å². The van der Waals surface area contributed by atoms with Crippen molar-refractivity contribution in [3.8, 4) is 5.75 Å². The van der Waals surface area contributed by atoms with Gasteiger partial charge in [0.1, 0.15) is 12.4 Å². The molecule has 0 radical (unpaired) electrons. The summed E-state index contributed by atoms with van der Waals surface area (Å²) < 4.78 is 32.1. The molecule has 0 aliphatic heterocycles. The molecule has 2 aromatic rings. The molecule has 1 amide bonds. The number of hydrogen-bond acceptors (Lipinski definition) is 4. The number of nitrogens with zero attached hydrogens (tertiary/aromatic N) is 1. The maximum Gasteiger partial charge on any atom is 0.252 e. The zero-order valence-corrected chi connectivity index (χ0v) is 16.9. The fourth-order valence-electron chi connectivity index (χ4n) is 2.50. The van der Waals surface area contributed by atoms with Gasteiger partial charge in [0.15, 0.2) is 0 Å². The van der Waals surface area contributed by atoms with Crippen molar-refractivity contribution in [3.63, 3.8) is 0 Å². The summed E-state index contributed by atoms with van der Waals surface area (Å²) >= 11 is 6.10. The third kappa shape index (κ3) is 5.45. The van der Waals surface area contributed by atoms with Gasteiger partial charge in [0.2, 0.25) is 10.0 Å². The van der Waals surface area contributed by atoms with Gasteiger partial charge in [-0.3, -0.25) is 4.79 Å². The van der Waals surface area contributed by atoms with E-state index in [-0.39, 0.29) is 28.6 Å². The monoisotopic (exact) mass is 410 g/mol. The molecule has 2 aromatic carbocycles. The Morgan fingerprint density at radius 1 is 1.11 bits per heavy atom. The molecule has 0 heterocycles. The first-order valence-electron chi connectivity index (χ1n) is 8.65. The van der Waals surface area contributed by atoms with Gasteiger partial charge in [0.05, 0.1) is 22.0 Å². The fraction of sp³-hybridized carbons (Fsp3) is 0.316. The fourth-order valence-corrected chi connectivity index (χ4v) is 4.18. The van der Waals surface area contributed by atoms with Gasteiger partial charge >= 0.3 is 0 Å². The summed E-state index contributed by atoms with van der Waals surface area (Å²) in [5.41, 5.74) is 0.115. The van der Waals surface area contributed by atoms with Gasteiger partial charge in [-0.1, -0.05) is 43.6 Å². The van der Waals surface area contributed by atoms with Gasteiger partial charge in [-0.15, -0.1) is 0 Å². The molecule has 0 fully saturated rings. The van der Waals surface area contributed by atoms with Crippen LogP contribution in [-0.4, -0.2) is 44.9 Å². The number of benzene rings is 2. The Kier molecular flexibility index (Phi) is 7.65. The molecule has 0 saturated carbocycles. The largest absolute Gasteiger partial charge is 0.492 e. The van der Waals surface area contributed by atoms with Gasteiger partial charge in [-0.2, -0.15) is 4.31 Å². The predicted octanol–water partition coefficient (Wildman–Crippen LogP) is 3.18. The second-order valence-electron chi connectivity index (χ2n) is 5.65. The van der Waals surface area contributed by atoms with E-state index < -0.39 is 15.9 Å². The summed E-state index contributed by atoms with van der Waals surface area (Å²) in [6.07, 6.45) is 0. The Balaban J connectivity index is 2.05. The van der Waals surface area contributed by atoms with E-state index >= 15 is 0 Å². The smallest absolute Gasteiger partial charge is 0.252 e. The molecule has 2 rings (SSSR count). The van der Waals surface area contributed by atoms with E-state index in [9.17, 15) is 13.2 Å². The molecule has 0 saturated heterocycles. The van der Waals surface area contributed by atoms with Crippen LogP contribution in [0.5, 0.6) is 5.75 Å².